The molecule has 5 heteroatoms. The van der Waals surface area contributed by atoms with E-state index in [-0.39, 0.29) is 11.4 Å². The molecule has 0 aliphatic rings. The number of amides is 1. The monoisotopic (exact) mass is 340 g/mol. The van der Waals surface area contributed by atoms with Gasteiger partial charge in [-0.3, -0.25) is 9.78 Å². The van der Waals surface area contributed by atoms with Gasteiger partial charge in [0.25, 0.3) is 5.91 Å². The van der Waals surface area contributed by atoms with E-state index in [1.165, 1.54) is 0 Å². The van der Waals surface area contributed by atoms with Crippen LogP contribution in [0.3, 0.4) is 0 Å². The first-order valence-electron chi connectivity index (χ1n) is 8.73. The van der Waals surface area contributed by atoms with E-state index in [1.54, 1.807) is 12.3 Å². The van der Waals surface area contributed by atoms with Crippen molar-refractivity contribution in [3.05, 3.63) is 48.3 Å². The molecule has 0 aliphatic carbocycles. The number of carbonyl (C=O) groups excluding carboxylic acids is 1. The van der Waals surface area contributed by atoms with Crippen molar-refractivity contribution in [3.8, 4) is 0 Å². The van der Waals surface area contributed by atoms with Crippen LogP contribution < -0.4 is 15.5 Å². The maximum atomic E-state index is 12.5. The van der Waals surface area contributed by atoms with Crippen LogP contribution in [-0.4, -0.2) is 29.5 Å². The predicted molar refractivity (Wildman–Crippen MR) is 106 cm³/mol. The van der Waals surface area contributed by atoms with Gasteiger partial charge in [-0.25, -0.2) is 0 Å². The van der Waals surface area contributed by atoms with Gasteiger partial charge in [0.1, 0.15) is 5.69 Å². The summed E-state index contributed by atoms with van der Waals surface area (Å²) in [7, 11) is 0. The topological polar surface area (TPSA) is 57.3 Å². The molecule has 1 heterocycles. The first-order chi connectivity index (χ1) is 11.8. The van der Waals surface area contributed by atoms with E-state index >= 15 is 0 Å². The lowest BCUT2D eigenvalue weighted by Crippen LogP contribution is -2.26. The Hall–Kier alpha value is -2.56. The predicted octanol–water partition coefficient (Wildman–Crippen LogP) is 4.39. The van der Waals surface area contributed by atoms with Crippen LogP contribution in [0.15, 0.2) is 42.6 Å². The summed E-state index contributed by atoms with van der Waals surface area (Å²) in [5, 5.41) is 6.25. The van der Waals surface area contributed by atoms with Crippen LogP contribution in [0, 0.1) is 0 Å². The molecule has 0 saturated carbocycles. The Morgan fingerprint density at radius 1 is 1.04 bits per heavy atom. The smallest absolute Gasteiger partial charge is 0.274 e. The number of aromatic nitrogens is 1. The fourth-order valence-electron chi connectivity index (χ4n) is 2.60. The van der Waals surface area contributed by atoms with Gasteiger partial charge in [0.15, 0.2) is 0 Å². The maximum Gasteiger partial charge on any atom is 0.274 e. The van der Waals surface area contributed by atoms with Crippen molar-refractivity contribution in [1.29, 1.82) is 0 Å². The van der Waals surface area contributed by atoms with E-state index in [0.717, 1.165) is 30.2 Å². The minimum atomic E-state index is -0.215. The number of nitrogens with one attached hydrogen (secondary N) is 2. The summed E-state index contributed by atoms with van der Waals surface area (Å²) in [6, 6.07) is 11.5. The largest absolute Gasteiger partial charge is 0.380 e. The highest BCUT2D eigenvalue weighted by Gasteiger charge is 2.13. The number of hydrogen-bond acceptors (Lipinski definition) is 4. The van der Waals surface area contributed by atoms with Gasteiger partial charge in [0, 0.05) is 41.9 Å². The summed E-state index contributed by atoms with van der Waals surface area (Å²) < 4.78 is 0. The van der Waals surface area contributed by atoms with Gasteiger partial charge in [0.05, 0.1) is 0 Å². The summed E-state index contributed by atoms with van der Waals surface area (Å²) in [6.07, 6.45) is 1.65. The maximum absolute atomic E-state index is 12.5. The summed E-state index contributed by atoms with van der Waals surface area (Å²) in [5.74, 6) is -0.215. The summed E-state index contributed by atoms with van der Waals surface area (Å²) in [6.45, 7) is 12.4. The number of anilines is 3. The molecule has 5 nitrogen and oxygen atoms in total. The van der Waals surface area contributed by atoms with Crippen molar-refractivity contribution >= 4 is 23.0 Å². The first-order valence-corrected chi connectivity index (χ1v) is 8.73. The zero-order valence-corrected chi connectivity index (χ0v) is 15.8. The number of benzene rings is 1. The minimum absolute atomic E-state index is 0.0740. The Morgan fingerprint density at radius 2 is 1.68 bits per heavy atom. The molecule has 0 spiro atoms. The molecule has 0 bridgehead atoms. The fraction of sp³-hybridized carbons (Fsp3) is 0.400. The molecule has 0 aliphatic heterocycles. The zero-order chi connectivity index (χ0) is 18.4. The van der Waals surface area contributed by atoms with E-state index in [1.807, 2.05) is 30.3 Å². The summed E-state index contributed by atoms with van der Waals surface area (Å²) in [5.41, 5.74) is 3.11. The van der Waals surface area contributed by atoms with Crippen LogP contribution in [0.1, 0.15) is 45.1 Å². The average molecular weight is 340 g/mol. The molecule has 134 valence electrons. The van der Waals surface area contributed by atoms with Crippen molar-refractivity contribution in [2.45, 2.75) is 40.2 Å². The Labute approximate surface area is 150 Å². The molecule has 2 aromatic rings. The molecule has 2 N–H and O–H groups in total. The van der Waals surface area contributed by atoms with Crippen LogP contribution >= 0.6 is 0 Å². The molecule has 0 fully saturated rings. The van der Waals surface area contributed by atoms with Crippen molar-refractivity contribution < 1.29 is 4.79 Å². The summed E-state index contributed by atoms with van der Waals surface area (Å²) >= 11 is 0. The highest BCUT2D eigenvalue weighted by atomic mass is 16.1. The SMILES string of the molecule is CCN(CC)c1ccc(NC(=O)c2cc(NC(C)(C)C)ccn2)cc1. The number of nitrogens with zero attached hydrogens (tertiary/aromatic N) is 2. The normalized spacial score (nSPS) is 11.1. The van der Waals surface area contributed by atoms with E-state index in [9.17, 15) is 4.79 Å². The summed E-state index contributed by atoms with van der Waals surface area (Å²) in [4.78, 5) is 18.9. The Morgan fingerprint density at radius 3 is 2.24 bits per heavy atom. The highest BCUT2D eigenvalue weighted by molar-refractivity contribution is 6.03. The second-order valence-electron chi connectivity index (χ2n) is 6.98. The molecule has 0 saturated heterocycles. The molecule has 25 heavy (non-hydrogen) atoms. The molecule has 1 amide bonds. The van der Waals surface area contributed by atoms with Gasteiger partial charge in [-0.1, -0.05) is 0 Å². The van der Waals surface area contributed by atoms with Crippen LogP contribution in [-0.2, 0) is 0 Å². The van der Waals surface area contributed by atoms with Crippen molar-refractivity contribution in [1.82, 2.24) is 4.98 Å². The molecule has 0 atom stereocenters. The van der Waals surface area contributed by atoms with E-state index in [4.69, 9.17) is 0 Å². The molecule has 1 aromatic carbocycles. The first kappa shape index (κ1) is 18.8. The van der Waals surface area contributed by atoms with Crippen LogP contribution in [0.4, 0.5) is 17.1 Å². The molecule has 0 radical (unpaired) electrons. The van der Waals surface area contributed by atoms with Crippen LogP contribution in [0.2, 0.25) is 0 Å². The second kappa shape index (κ2) is 8.01. The number of carbonyl (C=O) groups is 1. The Bertz CT molecular complexity index is 700. The van der Waals surface area contributed by atoms with Gasteiger partial charge < -0.3 is 15.5 Å². The second-order valence-corrected chi connectivity index (χ2v) is 6.98. The van der Waals surface area contributed by atoms with E-state index in [0.29, 0.717) is 5.69 Å². The lowest BCUT2D eigenvalue weighted by Gasteiger charge is -2.22. The lowest BCUT2D eigenvalue weighted by atomic mass is 10.1. The fourth-order valence-corrected chi connectivity index (χ4v) is 2.60. The molecule has 0 unspecified atom stereocenters. The quantitative estimate of drug-likeness (QED) is 0.819. The van der Waals surface area contributed by atoms with Crippen LogP contribution in [0.5, 0.6) is 0 Å². The van der Waals surface area contributed by atoms with Gasteiger partial charge in [-0.15, -0.1) is 0 Å². The van der Waals surface area contributed by atoms with Gasteiger partial charge in [0.2, 0.25) is 0 Å². The third kappa shape index (κ3) is 5.48. The molecular weight excluding hydrogens is 312 g/mol. The van der Waals surface area contributed by atoms with Crippen LogP contribution in [0.25, 0.3) is 0 Å². The average Bonchev–Trinajstić information content (AvgIpc) is 2.56. The lowest BCUT2D eigenvalue weighted by molar-refractivity contribution is 0.102. The molecule has 1 aromatic heterocycles. The zero-order valence-electron chi connectivity index (χ0n) is 15.8. The van der Waals surface area contributed by atoms with Gasteiger partial charge >= 0.3 is 0 Å². The standard InChI is InChI=1S/C20H28N4O/c1-6-24(7-2)17-10-8-15(9-11-17)22-19(25)18-14-16(12-13-21-18)23-20(3,4)5/h8-14H,6-7H2,1-5H3,(H,21,23)(H,22,25). The number of hydrogen-bond donors (Lipinski definition) is 2. The minimum Gasteiger partial charge on any atom is -0.380 e. The number of pyridine rings is 1. The van der Waals surface area contributed by atoms with Crippen molar-refractivity contribution in [2.24, 2.45) is 0 Å². The molecular formula is C20H28N4O. The Kier molecular flexibility index (Phi) is 6.02. The van der Waals surface area contributed by atoms with Crippen molar-refractivity contribution in [2.75, 3.05) is 28.6 Å². The van der Waals surface area contributed by atoms with Gasteiger partial charge in [-0.05, 0) is 71.0 Å². The number of rotatable bonds is 6. The third-order valence-corrected chi connectivity index (χ3v) is 3.77. The van der Waals surface area contributed by atoms with Gasteiger partial charge in [-0.2, -0.15) is 0 Å². The van der Waals surface area contributed by atoms with Crippen molar-refractivity contribution in [3.63, 3.8) is 0 Å². The molecule has 2 rings (SSSR count). The highest BCUT2D eigenvalue weighted by Crippen LogP contribution is 2.19. The van der Waals surface area contributed by atoms with E-state index in [2.05, 4.69) is 55.1 Å². The van der Waals surface area contributed by atoms with E-state index < -0.39 is 0 Å². The third-order valence-electron chi connectivity index (χ3n) is 3.77. The Balaban J connectivity index is 2.08.